The molecule has 1 aromatic carbocycles. The number of hydrogen-bond donors (Lipinski definition) is 2. The average molecular weight is 379 g/mol. The Balaban J connectivity index is 0.000000404. The molecule has 28 heavy (non-hydrogen) atoms. The van der Waals surface area contributed by atoms with E-state index in [1.165, 1.54) is 44.2 Å². The van der Waals surface area contributed by atoms with Crippen molar-refractivity contribution >= 4 is 17.0 Å². The van der Waals surface area contributed by atoms with Crippen LogP contribution in [0.4, 0.5) is 10.3 Å². The van der Waals surface area contributed by atoms with Crippen LogP contribution in [0.1, 0.15) is 35.0 Å². The Bertz CT molecular complexity index is 1090. The van der Waals surface area contributed by atoms with E-state index >= 15 is 0 Å². The molecule has 1 fully saturated rings. The molecule has 5 nitrogen and oxygen atoms in total. The fourth-order valence-electron chi connectivity index (χ4n) is 3.45. The number of pyridine rings is 1. The van der Waals surface area contributed by atoms with E-state index in [2.05, 4.69) is 19.9 Å². The Kier molecular flexibility index (Phi) is 5.28. The fraction of sp³-hybridized carbons (Fsp3) is 0.227. The van der Waals surface area contributed by atoms with Gasteiger partial charge in [-0.2, -0.15) is 0 Å². The van der Waals surface area contributed by atoms with Gasteiger partial charge < -0.3 is 10.7 Å². The Hall–Kier alpha value is -3.28. The van der Waals surface area contributed by atoms with E-state index in [0.717, 1.165) is 27.7 Å². The number of anilines is 1. The zero-order chi connectivity index (χ0) is 19.3. The maximum atomic E-state index is 13.4. The lowest BCUT2D eigenvalue weighted by Crippen LogP contribution is -1.94. The van der Waals surface area contributed by atoms with Gasteiger partial charge in [-0.25, -0.2) is 19.3 Å². The molecular weight excluding hydrogens is 353 g/mol. The molecule has 0 aliphatic heterocycles. The molecule has 0 spiro atoms. The van der Waals surface area contributed by atoms with Gasteiger partial charge in [-0.05, 0) is 29.8 Å². The van der Waals surface area contributed by atoms with Crippen LogP contribution in [0, 0.1) is 5.82 Å². The predicted octanol–water partition coefficient (Wildman–Crippen LogP) is 5.85. The van der Waals surface area contributed by atoms with Crippen molar-refractivity contribution in [3.05, 3.63) is 60.8 Å². The van der Waals surface area contributed by atoms with Crippen LogP contribution in [0.15, 0.2) is 55.0 Å². The second-order valence-electron chi connectivity index (χ2n) is 6.90. The van der Waals surface area contributed by atoms with Crippen LogP contribution in [-0.4, -0.2) is 19.9 Å². The zero-order valence-electron chi connectivity index (χ0n) is 15.5. The number of hydrogen-bond acceptors (Lipinski definition) is 4. The van der Waals surface area contributed by atoms with Crippen LogP contribution in [0.5, 0.6) is 0 Å². The lowest BCUT2D eigenvalue weighted by Gasteiger charge is -2.03. The second-order valence-corrected chi connectivity index (χ2v) is 6.90. The van der Waals surface area contributed by atoms with Gasteiger partial charge in [-0.1, -0.05) is 44.2 Å². The highest BCUT2D eigenvalue weighted by Gasteiger charge is 2.11. The number of nitrogens with one attached hydrogen (secondary N) is 1. The van der Waals surface area contributed by atoms with Gasteiger partial charge in [0, 0.05) is 38.0 Å². The fourth-order valence-corrected chi connectivity index (χ4v) is 3.45. The summed E-state index contributed by atoms with van der Waals surface area (Å²) in [4.78, 5) is 15.7. The highest BCUT2D eigenvalue weighted by molar-refractivity contribution is 5.94. The number of rotatable bonds is 2. The van der Waals surface area contributed by atoms with E-state index in [4.69, 9.17) is 5.73 Å². The Morgan fingerprint density at radius 3 is 2.46 bits per heavy atom. The molecule has 4 aromatic rings. The number of fused-ring (bicyclic) bond motifs is 1. The van der Waals surface area contributed by atoms with Gasteiger partial charge in [-0.3, -0.25) is 0 Å². The van der Waals surface area contributed by atoms with Crippen molar-refractivity contribution in [3.63, 3.8) is 0 Å². The minimum Gasteiger partial charge on any atom is -0.368 e. The smallest absolute Gasteiger partial charge is 0.220 e. The summed E-state index contributed by atoms with van der Waals surface area (Å²) in [6, 6.07) is 10.2. The summed E-state index contributed by atoms with van der Waals surface area (Å²) in [7, 11) is 0. The van der Waals surface area contributed by atoms with Gasteiger partial charge in [0.15, 0.2) is 0 Å². The van der Waals surface area contributed by atoms with E-state index in [9.17, 15) is 4.39 Å². The lowest BCUT2D eigenvalue weighted by atomic mass is 10.0. The first-order valence-corrected chi connectivity index (χ1v) is 9.53. The summed E-state index contributed by atoms with van der Waals surface area (Å²) in [5.74, 6) is -0.0634. The number of nitrogens with zero attached hydrogens (tertiary/aromatic N) is 3. The van der Waals surface area contributed by atoms with Crippen molar-refractivity contribution in [2.24, 2.45) is 0 Å². The molecule has 0 amide bonds. The molecule has 1 saturated carbocycles. The molecule has 0 saturated heterocycles. The van der Waals surface area contributed by atoms with Crippen LogP contribution in [0.2, 0.25) is 0 Å². The van der Waals surface area contributed by atoms with Crippen LogP contribution in [0.3, 0.4) is 0 Å². The van der Waals surface area contributed by atoms with Gasteiger partial charge in [0.05, 0.1) is 5.69 Å². The summed E-state index contributed by atoms with van der Waals surface area (Å²) in [5.41, 5.74) is 9.58. The van der Waals surface area contributed by atoms with Gasteiger partial charge in [-0.15, -0.1) is 0 Å². The lowest BCUT2D eigenvalue weighted by molar-refractivity contribution is 0.628. The summed E-state index contributed by atoms with van der Waals surface area (Å²) >= 11 is 0. The number of nitrogen functional groups attached to an aromatic ring is 1. The summed E-state index contributed by atoms with van der Waals surface area (Å²) in [6.45, 7) is 0. The molecular formula is C22H26FN5. The standard InChI is InChI=1S/C17H12FN5.C5H10.2H2/c18-12-3-1-2-10(6-12)11-7-13-14(9-22-16(13)21-8-11)15-4-5-20-17(19)23-15;1-2-4-5-3-1;;/h1-9H,(H,21,22)(H2,19,20,23);1-5H2;2*1H. The molecule has 6 heteroatoms. The van der Waals surface area contributed by atoms with Crippen LogP contribution < -0.4 is 5.73 Å². The van der Waals surface area contributed by atoms with Crippen molar-refractivity contribution in [1.29, 1.82) is 0 Å². The summed E-state index contributed by atoms with van der Waals surface area (Å²) in [6.07, 6.45) is 12.7. The van der Waals surface area contributed by atoms with Crippen LogP contribution >= 0.6 is 0 Å². The van der Waals surface area contributed by atoms with Crippen LogP contribution in [-0.2, 0) is 0 Å². The Labute approximate surface area is 165 Å². The highest BCUT2D eigenvalue weighted by Crippen LogP contribution is 2.30. The number of H-pyrrole nitrogens is 1. The molecule has 3 N–H and O–H groups in total. The number of aromatic amines is 1. The van der Waals surface area contributed by atoms with Gasteiger partial charge in [0.2, 0.25) is 5.95 Å². The third-order valence-electron chi connectivity index (χ3n) is 4.89. The van der Waals surface area contributed by atoms with E-state index in [1.807, 2.05) is 18.3 Å². The third kappa shape index (κ3) is 4.01. The van der Waals surface area contributed by atoms with E-state index < -0.39 is 0 Å². The molecule has 0 unspecified atom stereocenters. The Morgan fingerprint density at radius 2 is 1.75 bits per heavy atom. The molecule has 1 aliphatic carbocycles. The van der Waals surface area contributed by atoms with Crippen LogP contribution in [0.25, 0.3) is 33.4 Å². The predicted molar refractivity (Wildman–Crippen MR) is 114 cm³/mol. The molecule has 1 aliphatic rings. The summed E-state index contributed by atoms with van der Waals surface area (Å²) < 4.78 is 13.4. The molecule has 5 rings (SSSR count). The first-order valence-electron chi connectivity index (χ1n) is 9.53. The quantitative estimate of drug-likeness (QED) is 0.458. The van der Waals surface area contributed by atoms with E-state index in [0.29, 0.717) is 5.69 Å². The monoisotopic (exact) mass is 379 g/mol. The number of benzene rings is 1. The van der Waals surface area contributed by atoms with Gasteiger partial charge in [0.25, 0.3) is 0 Å². The second kappa shape index (κ2) is 8.17. The molecule has 3 aromatic heterocycles. The number of aromatic nitrogens is 4. The van der Waals surface area contributed by atoms with Crippen molar-refractivity contribution in [3.8, 4) is 22.4 Å². The number of nitrogens with two attached hydrogens (primary N) is 1. The highest BCUT2D eigenvalue weighted by atomic mass is 19.1. The normalized spacial score (nSPS) is 13.3. The molecule has 0 radical (unpaired) electrons. The SMILES string of the molecule is C1CCCC1.Nc1nccc(-c2c[nH]c3ncc(-c4cccc(F)c4)cc23)n1.[HH].[HH]. The van der Waals surface area contributed by atoms with Gasteiger partial charge in [0.1, 0.15) is 11.5 Å². The third-order valence-corrected chi connectivity index (χ3v) is 4.89. The van der Waals surface area contributed by atoms with Gasteiger partial charge >= 0.3 is 0 Å². The molecule has 3 heterocycles. The minimum absolute atomic E-state index is 0. The zero-order valence-corrected chi connectivity index (χ0v) is 15.5. The Morgan fingerprint density at radius 1 is 0.964 bits per heavy atom. The molecule has 0 bridgehead atoms. The topological polar surface area (TPSA) is 80.5 Å². The molecule has 146 valence electrons. The number of halogens is 1. The summed E-state index contributed by atoms with van der Waals surface area (Å²) in [5, 5.41) is 0.893. The first kappa shape index (κ1) is 18.1. The maximum Gasteiger partial charge on any atom is 0.220 e. The first-order chi connectivity index (χ1) is 13.7. The minimum atomic E-state index is -0.277. The van der Waals surface area contributed by atoms with Crippen molar-refractivity contribution < 1.29 is 7.24 Å². The molecule has 0 atom stereocenters. The maximum absolute atomic E-state index is 13.4. The van der Waals surface area contributed by atoms with Crippen molar-refractivity contribution in [2.75, 3.05) is 5.73 Å². The van der Waals surface area contributed by atoms with E-state index in [-0.39, 0.29) is 14.6 Å². The van der Waals surface area contributed by atoms with E-state index in [1.54, 1.807) is 24.5 Å². The van der Waals surface area contributed by atoms with Crippen molar-refractivity contribution in [1.82, 2.24) is 19.9 Å². The van der Waals surface area contributed by atoms with Crippen molar-refractivity contribution in [2.45, 2.75) is 32.1 Å². The largest absolute Gasteiger partial charge is 0.368 e. The average Bonchev–Trinajstić information content (AvgIpc) is 3.41.